The van der Waals surface area contributed by atoms with Crippen molar-refractivity contribution in [3.8, 4) is 0 Å². The second-order valence-corrected chi connectivity index (χ2v) is 5.68. The third-order valence-electron chi connectivity index (χ3n) is 4.02. The highest BCUT2D eigenvalue weighted by Crippen LogP contribution is 2.31. The van der Waals surface area contributed by atoms with Crippen molar-refractivity contribution in [1.29, 1.82) is 0 Å². The lowest BCUT2D eigenvalue weighted by Crippen LogP contribution is -2.57. The average molecular weight is 327 g/mol. The zero-order valence-corrected chi connectivity index (χ0v) is 12.2. The summed E-state index contributed by atoms with van der Waals surface area (Å²) in [7, 11) is 0. The number of hydrogen-bond donors (Lipinski definition) is 1. The average Bonchev–Trinajstić information content (AvgIpc) is 2.89. The topological polar surface area (TPSA) is 77.0 Å². The summed E-state index contributed by atoms with van der Waals surface area (Å²) in [5, 5.41) is 7.74. The zero-order chi connectivity index (χ0) is 16.6. The first-order chi connectivity index (χ1) is 10.9. The number of piperidine rings is 1. The van der Waals surface area contributed by atoms with Crippen LogP contribution < -0.4 is 5.73 Å². The van der Waals surface area contributed by atoms with Crippen molar-refractivity contribution in [2.45, 2.75) is 37.6 Å². The molecule has 1 aliphatic rings. The number of hydrogen-bond acceptors (Lipinski definition) is 4. The Bertz CT molecular complexity index is 714. The maximum Gasteiger partial charge on any atom is 0.408 e. The van der Waals surface area contributed by atoms with E-state index in [-0.39, 0.29) is 25.9 Å². The number of halogens is 3. The number of alkyl halides is 3. The molecule has 1 aromatic heterocycles. The molecule has 3 rings (SSSR count). The van der Waals surface area contributed by atoms with Gasteiger partial charge in [-0.3, -0.25) is 4.79 Å². The van der Waals surface area contributed by atoms with Crippen molar-refractivity contribution in [2.75, 3.05) is 6.54 Å². The predicted octanol–water partition coefficient (Wildman–Crippen LogP) is 1.31. The summed E-state index contributed by atoms with van der Waals surface area (Å²) in [6.45, 7) is -0.393. The van der Waals surface area contributed by atoms with Crippen LogP contribution in [-0.4, -0.2) is 50.6 Å². The number of benzene rings is 1. The Labute approximate surface area is 130 Å². The fraction of sp³-hybridized carbons (Fsp3) is 0.500. The molecule has 0 unspecified atom stereocenters. The van der Waals surface area contributed by atoms with E-state index in [9.17, 15) is 18.0 Å². The number of para-hydroxylation sites is 1. The highest BCUT2D eigenvalue weighted by Gasteiger charge is 2.47. The third kappa shape index (κ3) is 3.14. The van der Waals surface area contributed by atoms with E-state index >= 15 is 0 Å². The Morgan fingerprint density at radius 1 is 1.30 bits per heavy atom. The fourth-order valence-corrected chi connectivity index (χ4v) is 2.87. The zero-order valence-electron chi connectivity index (χ0n) is 12.2. The maximum absolute atomic E-state index is 13.1. The molecule has 23 heavy (non-hydrogen) atoms. The quantitative estimate of drug-likeness (QED) is 0.902. The van der Waals surface area contributed by atoms with Gasteiger partial charge in [0.2, 0.25) is 5.91 Å². The molecule has 1 aliphatic heterocycles. The molecule has 124 valence electrons. The molecule has 0 spiro atoms. The molecule has 6 nitrogen and oxygen atoms in total. The standard InChI is InChI=1S/C14H16F3N5O/c15-14(16,17)12-6-5-9(18)7-21(12)13(23)8-22-11-4-2-1-3-10(11)19-20-22/h1-4,9,12H,5-8,18H2/t9-,12-/m0/s1. The number of likely N-dealkylation sites (tertiary alicyclic amines) is 1. The molecule has 2 heterocycles. The molecule has 0 aliphatic carbocycles. The number of fused-ring (bicyclic) bond motifs is 1. The number of nitrogens with zero attached hydrogens (tertiary/aromatic N) is 4. The molecular formula is C14H16F3N5O. The van der Waals surface area contributed by atoms with Gasteiger partial charge in [0.05, 0.1) is 5.52 Å². The second-order valence-electron chi connectivity index (χ2n) is 5.68. The van der Waals surface area contributed by atoms with Gasteiger partial charge in [-0.25, -0.2) is 4.68 Å². The molecular weight excluding hydrogens is 311 g/mol. The van der Waals surface area contributed by atoms with Crippen LogP contribution in [0.4, 0.5) is 13.2 Å². The number of rotatable bonds is 2. The minimum atomic E-state index is -4.46. The lowest BCUT2D eigenvalue weighted by molar-refractivity contribution is -0.197. The van der Waals surface area contributed by atoms with Gasteiger partial charge in [-0.15, -0.1) is 5.10 Å². The van der Waals surface area contributed by atoms with Crippen LogP contribution in [0.2, 0.25) is 0 Å². The largest absolute Gasteiger partial charge is 0.408 e. The maximum atomic E-state index is 13.1. The SMILES string of the molecule is N[C@H]1CC[C@@H](C(F)(F)F)N(C(=O)Cn2nnc3ccccc32)C1. The smallest absolute Gasteiger partial charge is 0.327 e. The molecule has 0 radical (unpaired) electrons. The van der Waals surface area contributed by atoms with Crippen LogP contribution in [0.25, 0.3) is 11.0 Å². The number of carbonyl (C=O) groups excluding carboxylic acids is 1. The monoisotopic (exact) mass is 327 g/mol. The van der Waals surface area contributed by atoms with E-state index in [1.807, 2.05) is 0 Å². The molecule has 1 aromatic carbocycles. The number of aromatic nitrogens is 3. The van der Waals surface area contributed by atoms with E-state index in [0.717, 1.165) is 4.90 Å². The molecule has 1 amide bonds. The van der Waals surface area contributed by atoms with Crippen LogP contribution in [-0.2, 0) is 11.3 Å². The normalized spacial score (nSPS) is 22.5. The minimum Gasteiger partial charge on any atom is -0.327 e. The minimum absolute atomic E-state index is 0.102. The van der Waals surface area contributed by atoms with Crippen LogP contribution in [0.3, 0.4) is 0 Å². The van der Waals surface area contributed by atoms with Gasteiger partial charge in [0.1, 0.15) is 18.1 Å². The number of nitrogens with two attached hydrogens (primary N) is 1. The van der Waals surface area contributed by atoms with Crippen molar-refractivity contribution >= 4 is 16.9 Å². The van der Waals surface area contributed by atoms with Crippen molar-refractivity contribution in [3.05, 3.63) is 24.3 Å². The van der Waals surface area contributed by atoms with Crippen molar-refractivity contribution < 1.29 is 18.0 Å². The molecule has 9 heteroatoms. The lowest BCUT2D eigenvalue weighted by atomic mass is 9.98. The van der Waals surface area contributed by atoms with E-state index in [0.29, 0.717) is 11.0 Å². The summed E-state index contributed by atoms with van der Waals surface area (Å²) in [5.41, 5.74) is 6.92. The van der Waals surface area contributed by atoms with Crippen LogP contribution in [0.15, 0.2) is 24.3 Å². The summed E-state index contributed by atoms with van der Waals surface area (Å²) in [6, 6.07) is 4.73. The summed E-state index contributed by atoms with van der Waals surface area (Å²) < 4.78 is 40.7. The third-order valence-corrected chi connectivity index (χ3v) is 4.02. The van der Waals surface area contributed by atoms with E-state index in [2.05, 4.69) is 10.3 Å². The summed E-state index contributed by atoms with van der Waals surface area (Å²) in [5.74, 6) is -0.655. The van der Waals surface area contributed by atoms with Gasteiger partial charge in [0.25, 0.3) is 0 Å². The Hall–Kier alpha value is -2.16. The predicted molar refractivity (Wildman–Crippen MR) is 76.3 cm³/mol. The highest BCUT2D eigenvalue weighted by molar-refractivity contribution is 5.80. The lowest BCUT2D eigenvalue weighted by Gasteiger charge is -2.39. The van der Waals surface area contributed by atoms with Gasteiger partial charge < -0.3 is 10.6 Å². The van der Waals surface area contributed by atoms with Gasteiger partial charge in [-0.1, -0.05) is 17.3 Å². The van der Waals surface area contributed by atoms with Crippen LogP contribution in [0.1, 0.15) is 12.8 Å². The van der Waals surface area contributed by atoms with Crippen molar-refractivity contribution in [1.82, 2.24) is 19.9 Å². The van der Waals surface area contributed by atoms with E-state index < -0.39 is 24.2 Å². The van der Waals surface area contributed by atoms with Gasteiger partial charge in [0, 0.05) is 12.6 Å². The van der Waals surface area contributed by atoms with Gasteiger partial charge in [-0.2, -0.15) is 13.2 Å². The highest BCUT2D eigenvalue weighted by atomic mass is 19.4. The molecule has 0 bridgehead atoms. The number of carbonyl (C=O) groups is 1. The Balaban J connectivity index is 1.83. The molecule has 2 atom stereocenters. The van der Waals surface area contributed by atoms with Crippen LogP contribution in [0, 0.1) is 0 Å². The second kappa shape index (κ2) is 5.80. The van der Waals surface area contributed by atoms with Crippen molar-refractivity contribution in [3.63, 3.8) is 0 Å². The summed E-state index contributed by atoms with van der Waals surface area (Å²) in [4.78, 5) is 13.2. The first-order valence-electron chi connectivity index (χ1n) is 7.26. The van der Waals surface area contributed by atoms with Crippen LogP contribution >= 0.6 is 0 Å². The Morgan fingerprint density at radius 2 is 2.04 bits per heavy atom. The molecule has 2 N–H and O–H groups in total. The molecule has 2 aromatic rings. The fourth-order valence-electron chi connectivity index (χ4n) is 2.87. The number of amides is 1. The Morgan fingerprint density at radius 3 is 2.78 bits per heavy atom. The van der Waals surface area contributed by atoms with Gasteiger partial charge in [0.15, 0.2) is 0 Å². The van der Waals surface area contributed by atoms with Crippen molar-refractivity contribution in [2.24, 2.45) is 5.73 Å². The van der Waals surface area contributed by atoms with Crippen LogP contribution in [0.5, 0.6) is 0 Å². The summed E-state index contributed by atoms with van der Waals surface area (Å²) >= 11 is 0. The summed E-state index contributed by atoms with van der Waals surface area (Å²) in [6.07, 6.45) is -4.38. The van der Waals surface area contributed by atoms with E-state index in [1.54, 1.807) is 24.3 Å². The first kappa shape index (κ1) is 15.7. The van der Waals surface area contributed by atoms with Gasteiger partial charge in [-0.05, 0) is 25.0 Å². The van der Waals surface area contributed by atoms with E-state index in [1.165, 1.54) is 4.68 Å². The molecule has 1 saturated heterocycles. The Kier molecular flexibility index (Phi) is 3.97. The van der Waals surface area contributed by atoms with E-state index in [4.69, 9.17) is 5.73 Å². The molecule has 1 fully saturated rings. The molecule has 0 saturated carbocycles. The van der Waals surface area contributed by atoms with Gasteiger partial charge >= 0.3 is 6.18 Å². The first-order valence-corrected chi connectivity index (χ1v) is 7.26.